The molecule has 0 spiro atoms. The number of ether oxygens (including phenoxy) is 1. The minimum absolute atomic E-state index is 0.282. The van der Waals surface area contributed by atoms with E-state index in [1.54, 1.807) is 6.92 Å². The molecule has 0 aliphatic carbocycles. The first-order chi connectivity index (χ1) is 5.90. The average molecular weight is 198 g/mol. The maximum Gasteiger partial charge on any atom is 0.389 e. The molecule has 0 amide bonds. The van der Waals surface area contributed by atoms with E-state index >= 15 is 0 Å². The van der Waals surface area contributed by atoms with Crippen molar-refractivity contribution >= 4 is 0 Å². The molecule has 1 heterocycles. The number of hydrogen-bond acceptors (Lipinski definition) is 2. The zero-order valence-corrected chi connectivity index (χ0v) is 7.40. The zero-order valence-electron chi connectivity index (χ0n) is 7.40. The van der Waals surface area contributed by atoms with Crippen LogP contribution in [0.25, 0.3) is 0 Å². The van der Waals surface area contributed by atoms with Crippen molar-refractivity contribution < 1.29 is 23.0 Å². The van der Waals surface area contributed by atoms with E-state index in [1.165, 1.54) is 0 Å². The maximum atomic E-state index is 12.1. The third kappa shape index (κ3) is 2.34. The lowest BCUT2D eigenvalue weighted by atomic mass is 9.79. The van der Waals surface area contributed by atoms with Crippen LogP contribution in [-0.4, -0.2) is 30.6 Å². The Morgan fingerprint density at radius 2 is 2.15 bits per heavy atom. The molecule has 5 heteroatoms. The van der Waals surface area contributed by atoms with Gasteiger partial charge in [0.05, 0.1) is 19.1 Å². The van der Waals surface area contributed by atoms with Crippen molar-refractivity contribution in [3.05, 3.63) is 0 Å². The number of aliphatic hydroxyl groups excluding tert-OH is 1. The monoisotopic (exact) mass is 198 g/mol. The molecular formula is C8H13F3O2. The Morgan fingerprint density at radius 3 is 2.46 bits per heavy atom. The summed E-state index contributed by atoms with van der Waals surface area (Å²) in [7, 11) is 0. The Bertz CT molecular complexity index is 181. The lowest BCUT2D eigenvalue weighted by Crippen LogP contribution is -2.37. The fourth-order valence-electron chi connectivity index (χ4n) is 1.71. The summed E-state index contributed by atoms with van der Waals surface area (Å²) in [5, 5.41) is 8.97. The lowest BCUT2D eigenvalue weighted by Gasteiger charge is -2.30. The van der Waals surface area contributed by atoms with Gasteiger partial charge < -0.3 is 9.84 Å². The first kappa shape index (κ1) is 10.8. The Balaban J connectivity index is 2.70. The van der Waals surface area contributed by atoms with Gasteiger partial charge in [-0.2, -0.15) is 13.2 Å². The molecule has 2 atom stereocenters. The third-order valence-electron chi connectivity index (χ3n) is 2.70. The highest BCUT2D eigenvalue weighted by Crippen LogP contribution is 2.43. The van der Waals surface area contributed by atoms with Gasteiger partial charge in [0.2, 0.25) is 0 Å². The van der Waals surface area contributed by atoms with Crippen LogP contribution in [0.15, 0.2) is 0 Å². The van der Waals surface area contributed by atoms with Crippen LogP contribution >= 0.6 is 0 Å². The van der Waals surface area contributed by atoms with E-state index < -0.39 is 30.7 Å². The van der Waals surface area contributed by atoms with Crippen LogP contribution in [0, 0.1) is 5.41 Å². The molecule has 78 valence electrons. The van der Waals surface area contributed by atoms with Gasteiger partial charge in [0, 0.05) is 12.0 Å². The van der Waals surface area contributed by atoms with Gasteiger partial charge >= 0.3 is 6.18 Å². The predicted octanol–water partition coefficient (Wildman–Crippen LogP) is 1.73. The number of aliphatic hydroxyl groups is 1. The van der Waals surface area contributed by atoms with Gasteiger partial charge in [-0.25, -0.2) is 0 Å². The van der Waals surface area contributed by atoms with Crippen molar-refractivity contribution in [3.8, 4) is 0 Å². The van der Waals surface area contributed by atoms with Crippen molar-refractivity contribution in [1.82, 2.24) is 0 Å². The molecule has 13 heavy (non-hydrogen) atoms. The molecule has 0 aromatic heterocycles. The van der Waals surface area contributed by atoms with Crippen LogP contribution in [0.1, 0.15) is 19.8 Å². The molecule has 1 aliphatic rings. The van der Waals surface area contributed by atoms with E-state index in [4.69, 9.17) is 9.84 Å². The minimum Gasteiger partial charge on any atom is -0.396 e. The Hall–Kier alpha value is -0.290. The molecule has 2 nitrogen and oxygen atoms in total. The summed E-state index contributed by atoms with van der Waals surface area (Å²) >= 11 is 0. The van der Waals surface area contributed by atoms with Crippen molar-refractivity contribution in [2.75, 3.05) is 13.2 Å². The second kappa shape index (κ2) is 3.46. The molecule has 1 fully saturated rings. The average Bonchev–Trinajstić information content (AvgIpc) is 2.30. The first-order valence-corrected chi connectivity index (χ1v) is 4.19. The van der Waals surface area contributed by atoms with Gasteiger partial charge in [-0.3, -0.25) is 0 Å². The van der Waals surface area contributed by atoms with Crippen LogP contribution in [0.3, 0.4) is 0 Å². The smallest absolute Gasteiger partial charge is 0.389 e. The highest BCUT2D eigenvalue weighted by Gasteiger charge is 2.48. The summed E-state index contributed by atoms with van der Waals surface area (Å²) in [5.41, 5.74) is -1.11. The zero-order chi connectivity index (χ0) is 10.1. The minimum atomic E-state index is -4.23. The van der Waals surface area contributed by atoms with E-state index in [1.807, 2.05) is 0 Å². The molecule has 0 radical (unpaired) electrons. The first-order valence-electron chi connectivity index (χ1n) is 4.19. The van der Waals surface area contributed by atoms with E-state index in [2.05, 4.69) is 0 Å². The van der Waals surface area contributed by atoms with Crippen molar-refractivity contribution in [2.45, 2.75) is 32.0 Å². The molecule has 0 bridgehead atoms. The molecule has 0 saturated carbocycles. The van der Waals surface area contributed by atoms with Crippen LogP contribution < -0.4 is 0 Å². The molecule has 2 unspecified atom stereocenters. The van der Waals surface area contributed by atoms with Crippen molar-refractivity contribution in [3.63, 3.8) is 0 Å². The summed E-state index contributed by atoms with van der Waals surface area (Å²) in [6.45, 7) is 1.42. The quantitative estimate of drug-likeness (QED) is 0.732. The number of halogens is 3. The second-order valence-electron chi connectivity index (χ2n) is 3.58. The fraction of sp³-hybridized carbons (Fsp3) is 1.00. The summed E-state index contributed by atoms with van der Waals surface area (Å²) in [6.07, 6.45) is -5.42. The van der Waals surface area contributed by atoms with Gasteiger partial charge in [0.15, 0.2) is 0 Å². The van der Waals surface area contributed by atoms with Gasteiger partial charge in [-0.15, -0.1) is 0 Å². The van der Waals surface area contributed by atoms with Gasteiger partial charge in [0.25, 0.3) is 0 Å². The topological polar surface area (TPSA) is 29.5 Å². The summed E-state index contributed by atoms with van der Waals surface area (Å²) in [6, 6.07) is 0. The van der Waals surface area contributed by atoms with E-state index in [-0.39, 0.29) is 6.42 Å². The highest BCUT2D eigenvalue weighted by atomic mass is 19.4. The lowest BCUT2D eigenvalue weighted by molar-refractivity contribution is -0.170. The van der Waals surface area contributed by atoms with Crippen molar-refractivity contribution in [1.29, 1.82) is 0 Å². The number of rotatable bonds is 2. The molecule has 1 aliphatic heterocycles. The van der Waals surface area contributed by atoms with Crippen LogP contribution in [-0.2, 0) is 4.74 Å². The molecule has 1 saturated heterocycles. The highest BCUT2D eigenvalue weighted by molar-refractivity contribution is 4.90. The summed E-state index contributed by atoms with van der Waals surface area (Å²) < 4.78 is 41.5. The van der Waals surface area contributed by atoms with E-state index in [0.29, 0.717) is 6.61 Å². The van der Waals surface area contributed by atoms with Gasteiger partial charge in [0.1, 0.15) is 0 Å². The Kier molecular flexibility index (Phi) is 2.87. The molecular weight excluding hydrogens is 185 g/mol. The maximum absolute atomic E-state index is 12.1. The Morgan fingerprint density at radius 1 is 1.54 bits per heavy atom. The second-order valence-corrected chi connectivity index (χ2v) is 3.58. The molecule has 0 aromatic rings. The number of alkyl halides is 3. The molecule has 1 N–H and O–H groups in total. The predicted molar refractivity (Wildman–Crippen MR) is 40.2 cm³/mol. The van der Waals surface area contributed by atoms with Gasteiger partial charge in [-0.1, -0.05) is 0 Å². The normalized spacial score (nSPS) is 35.3. The number of hydrogen-bond donors (Lipinski definition) is 1. The van der Waals surface area contributed by atoms with Gasteiger partial charge in [-0.05, 0) is 13.3 Å². The summed E-state index contributed by atoms with van der Waals surface area (Å²) in [4.78, 5) is 0. The Labute approximate surface area is 74.7 Å². The summed E-state index contributed by atoms with van der Waals surface area (Å²) in [5.74, 6) is 0. The van der Waals surface area contributed by atoms with Crippen LogP contribution in [0.4, 0.5) is 13.2 Å². The van der Waals surface area contributed by atoms with E-state index in [9.17, 15) is 13.2 Å². The third-order valence-corrected chi connectivity index (χ3v) is 2.70. The standard InChI is InChI=1S/C8H13F3O2/c1-6-7(5-12,2-3-13-6)4-8(9,10)11/h6,12H,2-5H2,1H3. The van der Waals surface area contributed by atoms with Crippen LogP contribution in [0.2, 0.25) is 0 Å². The largest absolute Gasteiger partial charge is 0.396 e. The van der Waals surface area contributed by atoms with Crippen LogP contribution in [0.5, 0.6) is 0 Å². The molecule has 0 aromatic carbocycles. The SMILES string of the molecule is CC1OCCC1(CO)CC(F)(F)F. The van der Waals surface area contributed by atoms with E-state index in [0.717, 1.165) is 0 Å². The van der Waals surface area contributed by atoms with Crippen molar-refractivity contribution in [2.24, 2.45) is 5.41 Å². The molecule has 1 rings (SSSR count). The fourth-order valence-corrected chi connectivity index (χ4v) is 1.71.